The average Bonchev–Trinajstić information content (AvgIpc) is 2.03. The molecular formula is C4HgK2N4+2. The normalized spacial score (nSPS) is 0.727. The fourth-order valence-corrected chi connectivity index (χ4v) is 0. The van der Waals surface area contributed by atoms with Crippen LogP contribution >= 0.6 is 0 Å². The first-order valence-electron chi connectivity index (χ1n) is 0.894. The standard InChI is InChI=1S/4CN.Hg.2K/c4*1-2;;;/q;;;;;2*+1. The first-order valence-corrected chi connectivity index (χ1v) is 0.894. The molecule has 0 saturated carbocycles. The Balaban J connectivity index is -0.00000000356. The van der Waals surface area contributed by atoms with Gasteiger partial charge in [-0.1, -0.05) is 0 Å². The topological polar surface area (TPSA) is 95.2 Å². The fraction of sp³-hybridized carbons (Fsp3) is 0. The smallest absolute Gasteiger partial charge is 0.181 e. The van der Waals surface area contributed by atoms with E-state index in [0.717, 1.165) is 0 Å². The maximum absolute atomic E-state index is 6.25. The molecule has 0 aromatic heterocycles. The summed E-state index contributed by atoms with van der Waals surface area (Å²) in [6.45, 7) is 19.0. The van der Waals surface area contributed by atoms with Gasteiger partial charge in [0.1, 0.15) is 0 Å². The third kappa shape index (κ3) is 268. The Bertz CT molecular complexity index is 63.1. The molecule has 4 nitrogen and oxygen atoms in total. The summed E-state index contributed by atoms with van der Waals surface area (Å²) in [6, 6.07) is 0. The monoisotopic (exact) mass is 384 g/mol. The van der Waals surface area contributed by atoms with Crippen LogP contribution < -0.4 is 103 Å². The molecule has 0 heterocycles. The van der Waals surface area contributed by atoms with Gasteiger partial charge in [-0.25, -0.2) is 0 Å². The van der Waals surface area contributed by atoms with Crippen LogP contribution in [0.5, 0.6) is 0 Å². The van der Waals surface area contributed by atoms with Crippen LogP contribution in [-0.4, -0.2) is 0 Å². The number of nitrogens with zero attached hydrogens (tertiary/aromatic N) is 4. The molecular weight excluding hydrogens is 383 g/mol. The number of hydrogen-bond acceptors (Lipinski definition) is 4. The first-order chi connectivity index (χ1) is 4.00. The van der Waals surface area contributed by atoms with Crippen molar-refractivity contribution in [1.29, 1.82) is 21.0 Å². The van der Waals surface area contributed by atoms with E-state index in [1.807, 2.05) is 0 Å². The van der Waals surface area contributed by atoms with E-state index in [1.54, 1.807) is 0 Å². The van der Waals surface area contributed by atoms with E-state index in [2.05, 4.69) is 0 Å². The molecule has 0 bridgehead atoms. The van der Waals surface area contributed by atoms with Gasteiger partial charge in [0.15, 0.2) is 26.3 Å². The maximum Gasteiger partial charge on any atom is 1.00 e. The van der Waals surface area contributed by atoms with Gasteiger partial charge in [-0.15, -0.1) is 0 Å². The van der Waals surface area contributed by atoms with Crippen molar-refractivity contribution in [2.45, 2.75) is 0 Å². The molecule has 0 atom stereocenters. The molecule has 0 aliphatic heterocycles. The van der Waals surface area contributed by atoms with Crippen molar-refractivity contribution in [3.05, 3.63) is 26.3 Å². The van der Waals surface area contributed by atoms with E-state index in [1.165, 1.54) is 0 Å². The van der Waals surface area contributed by atoms with E-state index in [-0.39, 0.29) is 130 Å². The summed E-state index contributed by atoms with van der Waals surface area (Å²) < 4.78 is 0. The van der Waals surface area contributed by atoms with Gasteiger partial charge in [0.2, 0.25) is 0 Å². The molecule has 0 unspecified atom stereocenters. The quantitative estimate of drug-likeness (QED) is 0.390. The molecule has 11 heavy (non-hydrogen) atoms. The molecule has 4 radical (unpaired) electrons. The average molecular weight is 383 g/mol. The second kappa shape index (κ2) is 323. The minimum absolute atomic E-state index is 0. The van der Waals surface area contributed by atoms with Gasteiger partial charge >= 0.3 is 103 Å². The number of hydrogen-bond donors (Lipinski definition) is 0. The molecule has 0 fully saturated rings. The van der Waals surface area contributed by atoms with Crippen molar-refractivity contribution in [3.8, 4) is 0 Å². The van der Waals surface area contributed by atoms with Gasteiger partial charge in [0, 0.05) is 27.7 Å². The summed E-state index contributed by atoms with van der Waals surface area (Å²) in [4.78, 5) is 0. The van der Waals surface area contributed by atoms with Gasteiger partial charge in [-0.05, 0) is 0 Å². The maximum atomic E-state index is 6.25. The van der Waals surface area contributed by atoms with Crippen molar-refractivity contribution >= 4 is 0 Å². The van der Waals surface area contributed by atoms with E-state index >= 15 is 0 Å². The van der Waals surface area contributed by atoms with Gasteiger partial charge in [-0.2, -0.15) is 21.0 Å². The SMILES string of the molecule is [C]#N.[C]#N.[C]#N.[C]#N.[Hg].[K+].[K+]. The molecule has 0 amide bonds. The summed E-state index contributed by atoms with van der Waals surface area (Å²) in [6.07, 6.45) is 0. The molecule has 0 aromatic rings. The van der Waals surface area contributed by atoms with Crippen molar-refractivity contribution in [2.24, 2.45) is 0 Å². The Kier molecular flexibility index (Phi) is 1500. The molecule has 7 heteroatoms. The van der Waals surface area contributed by atoms with Crippen LogP contribution in [-0.2, 0) is 27.7 Å². The number of rotatable bonds is 0. The van der Waals surface area contributed by atoms with Crippen LogP contribution in [0.15, 0.2) is 0 Å². The largest absolute Gasteiger partial charge is 1.00 e. The zero-order valence-corrected chi connectivity index (χ0v) is 18.2. The van der Waals surface area contributed by atoms with Crippen molar-refractivity contribution < 1.29 is 130 Å². The van der Waals surface area contributed by atoms with Crippen LogP contribution in [0.1, 0.15) is 0 Å². The van der Waals surface area contributed by atoms with Crippen molar-refractivity contribution in [2.75, 3.05) is 0 Å². The van der Waals surface area contributed by atoms with Crippen LogP contribution in [0.3, 0.4) is 0 Å². The molecule has 0 rings (SSSR count). The minimum atomic E-state index is 0. The Hall–Kier alpha value is 2.17. The van der Waals surface area contributed by atoms with Gasteiger partial charge in [-0.3, -0.25) is 0 Å². The summed E-state index contributed by atoms with van der Waals surface area (Å²) in [7, 11) is 0. The molecule has 38 valence electrons. The van der Waals surface area contributed by atoms with Crippen LogP contribution in [0.4, 0.5) is 0 Å². The summed E-state index contributed by atoms with van der Waals surface area (Å²) in [5.41, 5.74) is 0. The van der Waals surface area contributed by atoms with E-state index in [9.17, 15) is 0 Å². The third-order valence-electron chi connectivity index (χ3n) is 0. The predicted molar refractivity (Wildman–Crippen MR) is 19.9 cm³/mol. The van der Waals surface area contributed by atoms with Crippen LogP contribution in [0.25, 0.3) is 0 Å². The Morgan fingerprint density at radius 3 is 0.455 bits per heavy atom. The van der Waals surface area contributed by atoms with E-state index < -0.39 is 0 Å². The Morgan fingerprint density at radius 2 is 0.455 bits per heavy atom. The second-order valence-corrected chi connectivity index (χ2v) is 0. The van der Waals surface area contributed by atoms with E-state index in [4.69, 9.17) is 47.3 Å². The zero-order chi connectivity index (χ0) is 8.00. The fourth-order valence-electron chi connectivity index (χ4n) is 0. The predicted octanol–water partition coefficient (Wildman–Crippen LogP) is -5.61. The zero-order valence-electron chi connectivity index (χ0n) is 6.50. The third-order valence-corrected chi connectivity index (χ3v) is 0. The molecule has 0 spiro atoms. The van der Waals surface area contributed by atoms with Gasteiger partial charge in [0.05, 0.1) is 0 Å². The molecule has 0 N–H and O–H groups in total. The Labute approximate surface area is 173 Å². The second-order valence-electron chi connectivity index (χ2n) is 0. The Morgan fingerprint density at radius 1 is 0.455 bits per heavy atom. The van der Waals surface area contributed by atoms with Crippen molar-refractivity contribution in [3.63, 3.8) is 0 Å². The van der Waals surface area contributed by atoms with Gasteiger partial charge in [0.25, 0.3) is 0 Å². The molecule has 0 aromatic carbocycles. The summed E-state index contributed by atoms with van der Waals surface area (Å²) >= 11 is 0. The summed E-state index contributed by atoms with van der Waals surface area (Å²) in [5, 5.41) is 25.0. The van der Waals surface area contributed by atoms with Crippen molar-refractivity contribution in [1.82, 2.24) is 0 Å². The van der Waals surface area contributed by atoms with Gasteiger partial charge < -0.3 is 0 Å². The minimum Gasteiger partial charge on any atom is -0.181 e. The molecule has 0 saturated heterocycles. The summed E-state index contributed by atoms with van der Waals surface area (Å²) in [5.74, 6) is 0. The van der Waals surface area contributed by atoms with Crippen LogP contribution in [0, 0.1) is 47.3 Å². The first kappa shape index (κ1) is 51.2. The van der Waals surface area contributed by atoms with E-state index in [0.29, 0.717) is 0 Å². The molecule has 0 aliphatic rings. The van der Waals surface area contributed by atoms with Crippen LogP contribution in [0.2, 0.25) is 0 Å². The molecule has 0 aliphatic carbocycles.